The van der Waals surface area contributed by atoms with Gasteiger partial charge in [-0.1, -0.05) is 19.3 Å². The van der Waals surface area contributed by atoms with E-state index in [4.69, 9.17) is 5.26 Å². The Morgan fingerprint density at radius 1 is 1.16 bits per heavy atom. The van der Waals surface area contributed by atoms with Crippen LogP contribution in [0.3, 0.4) is 0 Å². The van der Waals surface area contributed by atoms with Gasteiger partial charge in [-0.05, 0) is 31.0 Å². The van der Waals surface area contributed by atoms with Crippen molar-refractivity contribution < 1.29 is 0 Å². The van der Waals surface area contributed by atoms with Crippen molar-refractivity contribution in [3.05, 3.63) is 36.3 Å². The Bertz CT molecular complexity index is 900. The van der Waals surface area contributed by atoms with Crippen molar-refractivity contribution in [1.82, 2.24) is 20.2 Å². The number of nitriles is 1. The molecule has 4 rings (SSSR count). The third kappa shape index (κ3) is 3.18. The maximum Gasteiger partial charge on any atom is 0.137 e. The lowest BCUT2D eigenvalue weighted by Crippen LogP contribution is -2.22. The zero-order chi connectivity index (χ0) is 17.1. The molecular weight excluding hydrogens is 312 g/mol. The topological polar surface area (TPSA) is 90.3 Å². The third-order valence-corrected chi connectivity index (χ3v) is 4.78. The van der Waals surface area contributed by atoms with Gasteiger partial charge >= 0.3 is 0 Å². The van der Waals surface area contributed by atoms with E-state index in [1.54, 1.807) is 6.20 Å². The standard InChI is InChI=1S/C19H20N6/c20-10-8-14-7-6-13(12-22-14)18-17-16(24-25-18)9-11-21-19(17)23-15-4-2-1-3-5-15/h6-7,9,11-12,15H,1-5,8H2,(H,21,23)(H,24,25). The molecule has 0 amide bonds. The van der Waals surface area contributed by atoms with E-state index in [-0.39, 0.29) is 0 Å². The summed E-state index contributed by atoms with van der Waals surface area (Å²) in [5.41, 5.74) is 3.50. The van der Waals surface area contributed by atoms with Gasteiger partial charge in [0.05, 0.1) is 29.1 Å². The number of aromatic amines is 1. The second-order valence-corrected chi connectivity index (χ2v) is 6.51. The van der Waals surface area contributed by atoms with Crippen molar-refractivity contribution in [3.63, 3.8) is 0 Å². The minimum absolute atomic E-state index is 0.317. The molecule has 25 heavy (non-hydrogen) atoms. The van der Waals surface area contributed by atoms with Crippen LogP contribution < -0.4 is 5.32 Å². The molecule has 6 nitrogen and oxygen atoms in total. The number of pyridine rings is 2. The summed E-state index contributed by atoms with van der Waals surface area (Å²) in [6.07, 6.45) is 10.2. The Hall–Kier alpha value is -2.94. The zero-order valence-corrected chi connectivity index (χ0v) is 14.0. The number of nitrogens with zero attached hydrogens (tertiary/aromatic N) is 4. The van der Waals surface area contributed by atoms with Crippen molar-refractivity contribution in [1.29, 1.82) is 5.26 Å². The van der Waals surface area contributed by atoms with Crippen LogP contribution in [0.4, 0.5) is 5.82 Å². The van der Waals surface area contributed by atoms with E-state index >= 15 is 0 Å². The first-order valence-electron chi connectivity index (χ1n) is 8.77. The Morgan fingerprint density at radius 2 is 2.04 bits per heavy atom. The number of fused-ring (bicyclic) bond motifs is 1. The van der Waals surface area contributed by atoms with E-state index < -0.39 is 0 Å². The highest BCUT2D eigenvalue weighted by molar-refractivity contribution is 6.00. The lowest BCUT2D eigenvalue weighted by Gasteiger charge is -2.23. The molecule has 3 aromatic rings. The predicted molar refractivity (Wildman–Crippen MR) is 96.9 cm³/mol. The van der Waals surface area contributed by atoms with Crippen LogP contribution in [0.15, 0.2) is 30.6 Å². The number of aromatic nitrogens is 4. The maximum absolute atomic E-state index is 8.78. The summed E-state index contributed by atoms with van der Waals surface area (Å²) in [5.74, 6) is 0.884. The molecule has 1 aliphatic carbocycles. The van der Waals surface area contributed by atoms with Crippen LogP contribution in [-0.4, -0.2) is 26.2 Å². The zero-order valence-electron chi connectivity index (χ0n) is 14.0. The molecule has 0 aliphatic heterocycles. The van der Waals surface area contributed by atoms with E-state index in [0.717, 1.165) is 33.7 Å². The van der Waals surface area contributed by atoms with Crippen molar-refractivity contribution in [2.24, 2.45) is 0 Å². The van der Waals surface area contributed by atoms with Crippen LogP contribution in [0, 0.1) is 11.3 Å². The first-order valence-corrected chi connectivity index (χ1v) is 8.77. The van der Waals surface area contributed by atoms with Crippen LogP contribution >= 0.6 is 0 Å². The van der Waals surface area contributed by atoms with Crippen molar-refractivity contribution in [2.75, 3.05) is 5.32 Å². The molecule has 0 unspecified atom stereocenters. The number of anilines is 1. The van der Waals surface area contributed by atoms with Gasteiger partial charge in [0, 0.05) is 24.0 Å². The minimum Gasteiger partial charge on any atom is -0.367 e. The number of hydrogen-bond acceptors (Lipinski definition) is 5. The summed E-state index contributed by atoms with van der Waals surface area (Å²) < 4.78 is 0. The summed E-state index contributed by atoms with van der Waals surface area (Å²) in [5, 5.41) is 21.0. The van der Waals surface area contributed by atoms with E-state index in [9.17, 15) is 0 Å². The second kappa shape index (κ2) is 6.89. The van der Waals surface area contributed by atoms with Crippen LogP contribution in [0.5, 0.6) is 0 Å². The van der Waals surface area contributed by atoms with Gasteiger partial charge in [-0.25, -0.2) is 4.98 Å². The molecule has 0 aromatic carbocycles. The van der Waals surface area contributed by atoms with E-state index in [1.165, 1.54) is 32.1 Å². The predicted octanol–water partition coefficient (Wildman–Crippen LogP) is 3.83. The number of rotatable bonds is 4. The first-order chi connectivity index (χ1) is 12.3. The van der Waals surface area contributed by atoms with Gasteiger partial charge in [0.2, 0.25) is 0 Å². The molecule has 3 aromatic heterocycles. The highest BCUT2D eigenvalue weighted by Crippen LogP contribution is 2.32. The molecule has 0 atom stereocenters. The molecule has 0 saturated heterocycles. The van der Waals surface area contributed by atoms with Crippen molar-refractivity contribution >= 4 is 16.7 Å². The molecule has 0 spiro atoms. The average Bonchev–Trinajstić information content (AvgIpc) is 3.09. The number of H-pyrrole nitrogens is 1. The number of hydrogen-bond donors (Lipinski definition) is 2. The molecule has 126 valence electrons. The Morgan fingerprint density at radius 3 is 2.80 bits per heavy atom. The van der Waals surface area contributed by atoms with Crippen molar-refractivity contribution in [2.45, 2.75) is 44.6 Å². The Balaban J connectivity index is 1.70. The van der Waals surface area contributed by atoms with Gasteiger partial charge in [0.25, 0.3) is 0 Å². The summed E-state index contributed by atoms with van der Waals surface area (Å²) in [7, 11) is 0. The van der Waals surface area contributed by atoms with Gasteiger partial charge in [-0.3, -0.25) is 10.1 Å². The van der Waals surface area contributed by atoms with Gasteiger partial charge in [0.1, 0.15) is 11.5 Å². The smallest absolute Gasteiger partial charge is 0.137 e. The molecule has 6 heteroatoms. The van der Waals surface area contributed by atoms with Crippen LogP contribution in [-0.2, 0) is 6.42 Å². The van der Waals surface area contributed by atoms with Gasteiger partial charge in [-0.2, -0.15) is 10.4 Å². The van der Waals surface area contributed by atoms with Crippen LogP contribution in [0.2, 0.25) is 0 Å². The van der Waals surface area contributed by atoms with Gasteiger partial charge in [0.15, 0.2) is 0 Å². The third-order valence-electron chi connectivity index (χ3n) is 4.78. The molecule has 1 aliphatic rings. The van der Waals surface area contributed by atoms with Crippen molar-refractivity contribution in [3.8, 4) is 17.3 Å². The fraction of sp³-hybridized carbons (Fsp3) is 0.368. The summed E-state index contributed by atoms with van der Waals surface area (Å²) in [6, 6.07) is 8.38. The van der Waals surface area contributed by atoms with E-state index in [2.05, 4.69) is 31.6 Å². The second-order valence-electron chi connectivity index (χ2n) is 6.51. The highest BCUT2D eigenvalue weighted by Gasteiger charge is 2.18. The van der Waals surface area contributed by atoms with Crippen LogP contribution in [0.25, 0.3) is 22.2 Å². The van der Waals surface area contributed by atoms with E-state index in [1.807, 2.05) is 24.4 Å². The summed E-state index contributed by atoms with van der Waals surface area (Å²) >= 11 is 0. The van der Waals surface area contributed by atoms with Crippen LogP contribution in [0.1, 0.15) is 37.8 Å². The molecular formula is C19H20N6. The lowest BCUT2D eigenvalue weighted by atomic mass is 9.95. The van der Waals surface area contributed by atoms with Gasteiger partial charge in [-0.15, -0.1) is 0 Å². The van der Waals surface area contributed by atoms with E-state index in [0.29, 0.717) is 12.5 Å². The largest absolute Gasteiger partial charge is 0.367 e. The number of nitrogens with one attached hydrogen (secondary N) is 2. The van der Waals surface area contributed by atoms with Gasteiger partial charge < -0.3 is 5.32 Å². The normalized spacial score (nSPS) is 15.2. The SMILES string of the molecule is N#CCc1ccc(-c2n[nH]c3ccnc(NC4CCCCC4)c23)cn1. The first kappa shape index (κ1) is 15.6. The summed E-state index contributed by atoms with van der Waals surface area (Å²) in [4.78, 5) is 8.93. The average molecular weight is 332 g/mol. The monoisotopic (exact) mass is 332 g/mol. The lowest BCUT2D eigenvalue weighted by molar-refractivity contribution is 0.462. The minimum atomic E-state index is 0.317. The Labute approximate surface area is 146 Å². The molecule has 1 saturated carbocycles. The molecule has 0 bridgehead atoms. The summed E-state index contributed by atoms with van der Waals surface area (Å²) in [6.45, 7) is 0. The molecule has 0 radical (unpaired) electrons. The Kier molecular flexibility index (Phi) is 4.30. The fourth-order valence-corrected chi connectivity index (χ4v) is 3.48. The quantitative estimate of drug-likeness (QED) is 0.758. The molecule has 2 N–H and O–H groups in total. The molecule has 3 heterocycles. The molecule has 1 fully saturated rings. The highest BCUT2D eigenvalue weighted by atomic mass is 15.1. The maximum atomic E-state index is 8.78. The fourth-order valence-electron chi connectivity index (χ4n) is 3.48.